The van der Waals surface area contributed by atoms with E-state index in [0.29, 0.717) is 5.92 Å². The molecule has 0 unspecified atom stereocenters. The van der Waals surface area contributed by atoms with Crippen LogP contribution in [-0.2, 0) is 0 Å². The molecule has 0 heterocycles. The minimum atomic E-state index is 0.665. The van der Waals surface area contributed by atoms with E-state index < -0.39 is 0 Å². The molecule has 58 heavy (non-hydrogen) atoms. The number of hydrogen-bond acceptors (Lipinski definition) is 2. The quantitative estimate of drug-likeness (QED) is 0.145. The zero-order valence-electron chi connectivity index (χ0n) is 32.7. The highest BCUT2D eigenvalue weighted by atomic mass is 15.2. The molecule has 2 heteroatoms. The van der Waals surface area contributed by atoms with Crippen LogP contribution in [0.1, 0.15) is 43.6 Å². The van der Waals surface area contributed by atoms with Crippen molar-refractivity contribution in [2.75, 3.05) is 9.80 Å². The van der Waals surface area contributed by atoms with Gasteiger partial charge in [0.2, 0.25) is 0 Å². The first-order valence-corrected chi connectivity index (χ1v) is 20.8. The van der Waals surface area contributed by atoms with Crippen molar-refractivity contribution >= 4 is 55.7 Å². The third-order valence-corrected chi connectivity index (χ3v) is 12.0. The van der Waals surface area contributed by atoms with Gasteiger partial charge in [-0.15, -0.1) is 0 Å². The van der Waals surface area contributed by atoms with E-state index in [9.17, 15) is 0 Å². The van der Waals surface area contributed by atoms with Crippen molar-refractivity contribution < 1.29 is 0 Å². The van der Waals surface area contributed by atoms with Crippen LogP contribution in [0.25, 0.3) is 43.8 Å². The van der Waals surface area contributed by atoms with Crippen LogP contribution in [0, 0.1) is 0 Å². The second kappa shape index (κ2) is 15.9. The molecule has 0 aliphatic heterocycles. The zero-order valence-corrected chi connectivity index (χ0v) is 32.7. The second-order valence-corrected chi connectivity index (χ2v) is 15.6. The molecule has 0 aromatic heterocycles. The van der Waals surface area contributed by atoms with Crippen LogP contribution in [0.2, 0.25) is 0 Å². The van der Waals surface area contributed by atoms with Gasteiger partial charge in [0, 0.05) is 34.0 Å². The Morgan fingerprint density at radius 1 is 0.328 bits per heavy atom. The van der Waals surface area contributed by atoms with E-state index in [1.54, 1.807) is 0 Å². The molecular weight excluding hydrogens is 701 g/mol. The number of fused-ring (bicyclic) bond motifs is 2. The Morgan fingerprint density at radius 3 is 1.48 bits per heavy atom. The molecule has 0 N–H and O–H groups in total. The van der Waals surface area contributed by atoms with E-state index in [2.05, 4.69) is 222 Å². The molecule has 0 atom stereocenters. The van der Waals surface area contributed by atoms with Crippen LogP contribution < -0.4 is 9.80 Å². The monoisotopic (exact) mass is 746 g/mol. The molecule has 0 saturated heterocycles. The molecule has 10 rings (SSSR count). The predicted octanol–water partition coefficient (Wildman–Crippen LogP) is 16.3. The summed E-state index contributed by atoms with van der Waals surface area (Å²) in [5, 5.41) is 4.90. The lowest BCUT2D eigenvalue weighted by molar-refractivity contribution is 0.443. The van der Waals surface area contributed by atoms with Gasteiger partial charge in [0.1, 0.15) is 0 Å². The Kier molecular flexibility index (Phi) is 9.75. The normalized spacial score (nSPS) is 13.1. The standard InChI is InChI=1S/C56H46N2/c1-4-14-41(15-5-1)44-24-30-49(31-25-44)57(50-32-26-45(27-33-50)42-16-6-2-7-17-42)51-35-37-52(38-36-51)58(53-34-28-43-18-10-11-22-48(43)40-53)55-39-29-46-19-12-13-23-54(46)56(55)47-20-8-3-9-21-47/h1,3-5,8-15,18-40,42H,2,6-7,16-17H2. The number of anilines is 6. The number of rotatable bonds is 9. The van der Waals surface area contributed by atoms with Crippen molar-refractivity contribution in [3.05, 3.63) is 218 Å². The van der Waals surface area contributed by atoms with Crippen LogP contribution in [0.4, 0.5) is 34.1 Å². The second-order valence-electron chi connectivity index (χ2n) is 15.6. The molecule has 1 saturated carbocycles. The largest absolute Gasteiger partial charge is 0.311 e. The summed E-state index contributed by atoms with van der Waals surface area (Å²) in [6, 6.07) is 77.8. The van der Waals surface area contributed by atoms with Gasteiger partial charge < -0.3 is 9.80 Å². The van der Waals surface area contributed by atoms with Crippen molar-refractivity contribution in [3.8, 4) is 22.3 Å². The van der Waals surface area contributed by atoms with Crippen LogP contribution in [0.5, 0.6) is 0 Å². The predicted molar refractivity (Wildman–Crippen MR) is 248 cm³/mol. The van der Waals surface area contributed by atoms with Gasteiger partial charge in [0.05, 0.1) is 5.69 Å². The maximum atomic E-state index is 2.43. The van der Waals surface area contributed by atoms with Crippen molar-refractivity contribution in [2.45, 2.75) is 38.0 Å². The maximum absolute atomic E-state index is 2.43. The zero-order chi connectivity index (χ0) is 38.7. The summed E-state index contributed by atoms with van der Waals surface area (Å²) in [5.41, 5.74) is 13.1. The van der Waals surface area contributed by atoms with E-state index in [1.807, 2.05) is 0 Å². The van der Waals surface area contributed by atoms with Crippen LogP contribution in [-0.4, -0.2) is 0 Å². The number of benzene rings is 9. The lowest BCUT2D eigenvalue weighted by atomic mass is 9.84. The molecule has 2 nitrogen and oxygen atoms in total. The third-order valence-electron chi connectivity index (χ3n) is 12.0. The fourth-order valence-electron chi connectivity index (χ4n) is 9.06. The fourth-order valence-corrected chi connectivity index (χ4v) is 9.06. The van der Waals surface area contributed by atoms with Gasteiger partial charge in [-0.3, -0.25) is 0 Å². The molecule has 0 spiro atoms. The van der Waals surface area contributed by atoms with Crippen molar-refractivity contribution in [1.82, 2.24) is 0 Å². The van der Waals surface area contributed by atoms with Crippen molar-refractivity contribution in [1.29, 1.82) is 0 Å². The summed E-state index contributed by atoms with van der Waals surface area (Å²) in [4.78, 5) is 4.83. The summed E-state index contributed by atoms with van der Waals surface area (Å²) in [5.74, 6) is 0.665. The Balaban J connectivity index is 1.10. The van der Waals surface area contributed by atoms with Gasteiger partial charge in [-0.2, -0.15) is 0 Å². The highest BCUT2D eigenvalue weighted by molar-refractivity contribution is 6.06. The van der Waals surface area contributed by atoms with Crippen LogP contribution in [0.15, 0.2) is 212 Å². The Hall–Kier alpha value is -6.90. The molecular formula is C56H46N2. The average Bonchev–Trinajstić information content (AvgIpc) is 3.31. The van der Waals surface area contributed by atoms with Crippen LogP contribution >= 0.6 is 0 Å². The first-order valence-electron chi connectivity index (χ1n) is 20.8. The molecule has 9 aromatic rings. The highest BCUT2D eigenvalue weighted by Gasteiger charge is 2.22. The molecule has 280 valence electrons. The fraction of sp³-hybridized carbons (Fsp3) is 0.107. The van der Waals surface area contributed by atoms with Gasteiger partial charge in [-0.1, -0.05) is 165 Å². The summed E-state index contributed by atoms with van der Waals surface area (Å²) >= 11 is 0. The first-order chi connectivity index (χ1) is 28.8. The Morgan fingerprint density at radius 2 is 0.810 bits per heavy atom. The molecule has 9 aromatic carbocycles. The van der Waals surface area contributed by atoms with Crippen molar-refractivity contribution in [2.24, 2.45) is 0 Å². The SMILES string of the molecule is c1ccc(-c2ccc(N(c3ccc(C4CCCCC4)cc3)c3ccc(N(c4ccc5ccccc5c4)c4ccc5ccccc5c4-c4ccccc4)cc3)cc2)cc1. The summed E-state index contributed by atoms with van der Waals surface area (Å²) in [7, 11) is 0. The summed E-state index contributed by atoms with van der Waals surface area (Å²) < 4.78 is 0. The molecule has 1 aliphatic carbocycles. The minimum Gasteiger partial charge on any atom is -0.311 e. The van der Waals surface area contributed by atoms with Gasteiger partial charge in [0.25, 0.3) is 0 Å². The molecule has 1 aliphatic rings. The smallest absolute Gasteiger partial charge is 0.0546 e. The van der Waals surface area contributed by atoms with E-state index in [1.165, 1.54) is 81.5 Å². The first kappa shape index (κ1) is 35.5. The van der Waals surface area contributed by atoms with Gasteiger partial charge >= 0.3 is 0 Å². The average molecular weight is 747 g/mol. The topological polar surface area (TPSA) is 6.48 Å². The molecule has 0 amide bonds. The minimum absolute atomic E-state index is 0.665. The van der Waals surface area contributed by atoms with Gasteiger partial charge in [-0.25, -0.2) is 0 Å². The van der Waals surface area contributed by atoms with Crippen LogP contribution in [0.3, 0.4) is 0 Å². The van der Waals surface area contributed by atoms with Gasteiger partial charge in [0.15, 0.2) is 0 Å². The van der Waals surface area contributed by atoms with E-state index in [0.717, 1.165) is 34.1 Å². The summed E-state index contributed by atoms with van der Waals surface area (Å²) in [6.07, 6.45) is 6.62. The Labute approximate surface area is 342 Å². The number of hydrogen-bond donors (Lipinski definition) is 0. The lowest BCUT2D eigenvalue weighted by Gasteiger charge is -2.30. The molecule has 1 fully saturated rings. The third kappa shape index (κ3) is 7.03. The number of nitrogens with zero attached hydrogens (tertiary/aromatic N) is 2. The van der Waals surface area contributed by atoms with Crippen molar-refractivity contribution in [3.63, 3.8) is 0 Å². The Bertz CT molecular complexity index is 2790. The molecule has 0 radical (unpaired) electrons. The lowest BCUT2D eigenvalue weighted by Crippen LogP contribution is -2.13. The van der Waals surface area contributed by atoms with Gasteiger partial charge in [-0.05, 0) is 129 Å². The maximum Gasteiger partial charge on any atom is 0.0546 e. The highest BCUT2D eigenvalue weighted by Crippen LogP contribution is 2.46. The van der Waals surface area contributed by atoms with E-state index in [4.69, 9.17) is 0 Å². The van der Waals surface area contributed by atoms with E-state index >= 15 is 0 Å². The molecule has 0 bridgehead atoms. The van der Waals surface area contributed by atoms with E-state index in [-0.39, 0.29) is 0 Å². The summed E-state index contributed by atoms with van der Waals surface area (Å²) in [6.45, 7) is 0.